The monoisotopic (exact) mass is 311 g/mol. The Morgan fingerprint density at radius 2 is 2.26 bits per heavy atom. The number of nitrogens with two attached hydrogens (primary N) is 1. The average molecular weight is 311 g/mol. The molecule has 2 aromatic rings. The Labute approximate surface area is 135 Å². The Hall–Kier alpha value is -2.47. The van der Waals surface area contributed by atoms with Crippen LogP contribution in [0.1, 0.15) is 28.8 Å². The summed E-state index contributed by atoms with van der Waals surface area (Å²) >= 11 is 0. The molecule has 1 aromatic heterocycles. The summed E-state index contributed by atoms with van der Waals surface area (Å²) in [6, 6.07) is 11.7. The highest BCUT2D eigenvalue weighted by Gasteiger charge is 2.20. The van der Waals surface area contributed by atoms with Gasteiger partial charge in [-0.15, -0.1) is 5.10 Å². The molecule has 2 heterocycles. The smallest absolute Gasteiger partial charge is 0.248 e. The van der Waals surface area contributed by atoms with E-state index in [1.807, 2.05) is 30.3 Å². The molecule has 3 N–H and O–H groups in total. The number of rotatable bonds is 5. The molecule has 1 unspecified atom stereocenters. The van der Waals surface area contributed by atoms with Gasteiger partial charge in [0.15, 0.2) is 5.82 Å². The standard InChI is InChI=1S/C17H21N5O/c18-17(23)14-5-1-4-13(10-14)11-19-15-6-3-9-22(12-15)16-7-2-8-20-21-16/h1-2,4-5,7-8,10,15,19H,3,6,9,11-12H2,(H2,18,23). The van der Waals surface area contributed by atoms with E-state index in [-0.39, 0.29) is 0 Å². The molecule has 6 nitrogen and oxygen atoms in total. The molecule has 3 rings (SSSR count). The number of hydrogen-bond donors (Lipinski definition) is 2. The van der Waals surface area contributed by atoms with Crippen molar-refractivity contribution in [1.82, 2.24) is 15.5 Å². The van der Waals surface area contributed by atoms with Crippen LogP contribution in [-0.2, 0) is 6.54 Å². The molecule has 0 aliphatic carbocycles. The van der Waals surface area contributed by atoms with Gasteiger partial charge in [0.1, 0.15) is 0 Å². The maximum Gasteiger partial charge on any atom is 0.248 e. The van der Waals surface area contributed by atoms with Crippen molar-refractivity contribution in [3.8, 4) is 0 Å². The van der Waals surface area contributed by atoms with Gasteiger partial charge in [-0.1, -0.05) is 12.1 Å². The van der Waals surface area contributed by atoms with Gasteiger partial charge < -0.3 is 16.0 Å². The van der Waals surface area contributed by atoms with E-state index in [4.69, 9.17) is 5.73 Å². The van der Waals surface area contributed by atoms with Gasteiger partial charge in [-0.05, 0) is 42.7 Å². The lowest BCUT2D eigenvalue weighted by Gasteiger charge is -2.33. The zero-order valence-corrected chi connectivity index (χ0v) is 13.0. The van der Waals surface area contributed by atoms with Crippen LogP contribution in [0.25, 0.3) is 0 Å². The Morgan fingerprint density at radius 1 is 1.35 bits per heavy atom. The van der Waals surface area contributed by atoms with E-state index in [1.165, 1.54) is 0 Å². The summed E-state index contributed by atoms with van der Waals surface area (Å²) in [7, 11) is 0. The van der Waals surface area contributed by atoms with E-state index in [0.717, 1.165) is 43.9 Å². The molecule has 6 heteroatoms. The Kier molecular flexibility index (Phi) is 4.83. The summed E-state index contributed by atoms with van der Waals surface area (Å²) in [5, 5.41) is 11.7. The van der Waals surface area contributed by atoms with Gasteiger partial charge >= 0.3 is 0 Å². The second-order valence-corrected chi connectivity index (χ2v) is 5.81. The zero-order valence-electron chi connectivity index (χ0n) is 13.0. The van der Waals surface area contributed by atoms with Gasteiger partial charge in [0.05, 0.1) is 0 Å². The van der Waals surface area contributed by atoms with Crippen molar-refractivity contribution in [1.29, 1.82) is 0 Å². The molecule has 0 spiro atoms. The Morgan fingerprint density at radius 3 is 3.04 bits per heavy atom. The molecule has 0 radical (unpaired) electrons. The minimum atomic E-state index is -0.390. The van der Waals surface area contributed by atoms with Crippen LogP contribution in [0.5, 0.6) is 0 Å². The van der Waals surface area contributed by atoms with Crippen molar-refractivity contribution >= 4 is 11.7 Å². The third kappa shape index (κ3) is 4.04. The van der Waals surface area contributed by atoms with Crippen LogP contribution in [0.3, 0.4) is 0 Å². The molecule has 1 amide bonds. The maximum atomic E-state index is 11.2. The molecule has 1 atom stereocenters. The van der Waals surface area contributed by atoms with Crippen molar-refractivity contribution in [2.75, 3.05) is 18.0 Å². The lowest BCUT2D eigenvalue weighted by atomic mass is 10.0. The minimum Gasteiger partial charge on any atom is -0.366 e. The van der Waals surface area contributed by atoms with Crippen LogP contribution in [-0.4, -0.2) is 35.2 Å². The van der Waals surface area contributed by atoms with Crippen molar-refractivity contribution in [2.45, 2.75) is 25.4 Å². The fourth-order valence-corrected chi connectivity index (χ4v) is 2.91. The van der Waals surface area contributed by atoms with Crippen LogP contribution >= 0.6 is 0 Å². The molecular formula is C17H21N5O. The van der Waals surface area contributed by atoms with E-state index in [2.05, 4.69) is 20.4 Å². The highest BCUT2D eigenvalue weighted by atomic mass is 16.1. The number of amides is 1. The van der Waals surface area contributed by atoms with E-state index in [0.29, 0.717) is 11.6 Å². The van der Waals surface area contributed by atoms with Crippen molar-refractivity contribution < 1.29 is 4.79 Å². The first-order chi connectivity index (χ1) is 11.2. The normalized spacial score (nSPS) is 17.9. The minimum absolute atomic E-state index is 0.390. The number of nitrogens with one attached hydrogen (secondary N) is 1. The number of primary amides is 1. The third-order valence-electron chi connectivity index (χ3n) is 4.11. The van der Waals surface area contributed by atoms with Crippen LogP contribution < -0.4 is 16.0 Å². The first-order valence-electron chi connectivity index (χ1n) is 7.87. The summed E-state index contributed by atoms with van der Waals surface area (Å²) in [5.41, 5.74) is 6.94. The van der Waals surface area contributed by atoms with E-state index in [1.54, 1.807) is 12.3 Å². The first kappa shape index (κ1) is 15.4. The number of hydrogen-bond acceptors (Lipinski definition) is 5. The zero-order chi connectivity index (χ0) is 16.1. The lowest BCUT2D eigenvalue weighted by molar-refractivity contribution is 0.1000. The molecule has 1 aliphatic heterocycles. The molecular weight excluding hydrogens is 290 g/mol. The third-order valence-corrected chi connectivity index (χ3v) is 4.11. The van der Waals surface area contributed by atoms with Gasteiger partial charge in [-0.3, -0.25) is 4.79 Å². The molecule has 1 fully saturated rings. The van der Waals surface area contributed by atoms with Crippen LogP contribution in [0.2, 0.25) is 0 Å². The Bertz CT molecular complexity index is 661. The fourth-order valence-electron chi connectivity index (χ4n) is 2.91. The molecule has 23 heavy (non-hydrogen) atoms. The fraction of sp³-hybridized carbons (Fsp3) is 0.353. The van der Waals surface area contributed by atoms with Crippen molar-refractivity contribution in [3.63, 3.8) is 0 Å². The van der Waals surface area contributed by atoms with Gasteiger partial charge in [0.2, 0.25) is 5.91 Å². The maximum absolute atomic E-state index is 11.2. The molecule has 1 aliphatic rings. The molecule has 120 valence electrons. The number of anilines is 1. The number of benzene rings is 1. The molecule has 0 saturated carbocycles. The van der Waals surface area contributed by atoms with E-state index >= 15 is 0 Å². The predicted molar refractivity (Wildman–Crippen MR) is 89.1 cm³/mol. The summed E-state index contributed by atoms with van der Waals surface area (Å²) in [4.78, 5) is 13.5. The van der Waals surface area contributed by atoms with Crippen LogP contribution in [0.15, 0.2) is 42.6 Å². The number of piperidine rings is 1. The number of carbonyl (C=O) groups is 1. The second-order valence-electron chi connectivity index (χ2n) is 5.81. The average Bonchev–Trinajstić information content (AvgIpc) is 2.61. The summed E-state index contributed by atoms with van der Waals surface area (Å²) < 4.78 is 0. The van der Waals surface area contributed by atoms with E-state index in [9.17, 15) is 4.79 Å². The van der Waals surface area contributed by atoms with Crippen LogP contribution in [0, 0.1) is 0 Å². The summed E-state index contributed by atoms with van der Waals surface area (Å²) in [6.07, 6.45) is 3.94. The van der Waals surface area contributed by atoms with Gasteiger partial charge in [0.25, 0.3) is 0 Å². The highest BCUT2D eigenvalue weighted by molar-refractivity contribution is 5.92. The first-order valence-corrected chi connectivity index (χ1v) is 7.87. The Balaban J connectivity index is 1.58. The summed E-state index contributed by atoms with van der Waals surface area (Å²) in [5.74, 6) is 0.535. The summed E-state index contributed by atoms with van der Waals surface area (Å²) in [6.45, 7) is 2.64. The van der Waals surface area contributed by atoms with E-state index < -0.39 is 5.91 Å². The molecule has 1 saturated heterocycles. The number of carbonyl (C=O) groups excluding carboxylic acids is 1. The second kappa shape index (κ2) is 7.19. The highest BCUT2D eigenvalue weighted by Crippen LogP contribution is 2.17. The SMILES string of the molecule is NC(=O)c1cccc(CNC2CCCN(c3cccnn3)C2)c1. The lowest BCUT2D eigenvalue weighted by Crippen LogP contribution is -2.45. The number of aromatic nitrogens is 2. The largest absolute Gasteiger partial charge is 0.366 e. The van der Waals surface area contributed by atoms with Gasteiger partial charge in [-0.25, -0.2) is 0 Å². The van der Waals surface area contributed by atoms with Crippen LogP contribution in [0.4, 0.5) is 5.82 Å². The van der Waals surface area contributed by atoms with Gasteiger partial charge in [-0.2, -0.15) is 5.10 Å². The predicted octanol–water partition coefficient (Wildman–Crippen LogP) is 1.33. The number of nitrogens with zero attached hydrogens (tertiary/aromatic N) is 3. The quantitative estimate of drug-likeness (QED) is 0.870. The molecule has 1 aromatic carbocycles. The molecule has 0 bridgehead atoms. The van der Waals surface area contributed by atoms with Crippen molar-refractivity contribution in [2.24, 2.45) is 5.73 Å². The topological polar surface area (TPSA) is 84.1 Å². The van der Waals surface area contributed by atoms with Gasteiger partial charge in [0, 0.05) is 37.4 Å². The van der Waals surface area contributed by atoms with Crippen molar-refractivity contribution in [3.05, 3.63) is 53.7 Å².